The van der Waals surface area contributed by atoms with E-state index in [1.165, 1.54) is 0 Å². The van der Waals surface area contributed by atoms with Crippen molar-refractivity contribution in [1.82, 2.24) is 4.90 Å². The molecule has 0 radical (unpaired) electrons. The fraction of sp³-hybridized carbons (Fsp3) is 1.00. The summed E-state index contributed by atoms with van der Waals surface area (Å²) in [5.74, 6) is 1.05. The minimum Gasteiger partial charge on any atom is -0.371 e. The van der Waals surface area contributed by atoms with Crippen LogP contribution in [0, 0.1) is 11.8 Å². The zero-order chi connectivity index (χ0) is 13.8. The number of nitrogens with zero attached hydrogens (tertiary/aromatic N) is 1. The average Bonchev–Trinajstić information content (AvgIpc) is 2.22. The van der Waals surface area contributed by atoms with E-state index in [1.54, 1.807) is 0 Å². The summed E-state index contributed by atoms with van der Waals surface area (Å²) in [6.45, 7) is 5.21. The number of piperidine rings is 1. The third kappa shape index (κ3) is 5.12. The van der Waals surface area contributed by atoms with Gasteiger partial charge in [-0.25, -0.2) is 0 Å². The Morgan fingerprint density at radius 1 is 1.33 bits per heavy atom. The molecular weight excluding hydrogens is 245 g/mol. The van der Waals surface area contributed by atoms with E-state index >= 15 is 0 Å². The summed E-state index contributed by atoms with van der Waals surface area (Å²) in [5.41, 5.74) is 5.74. The van der Waals surface area contributed by atoms with Crippen molar-refractivity contribution in [1.29, 1.82) is 0 Å². The monoisotopic (exact) mass is 268 g/mol. The highest BCUT2D eigenvalue weighted by atomic mass is 19.4. The summed E-state index contributed by atoms with van der Waals surface area (Å²) >= 11 is 0. The van der Waals surface area contributed by atoms with Crippen molar-refractivity contribution in [3.63, 3.8) is 0 Å². The number of ether oxygens (including phenoxy) is 1. The molecule has 1 fully saturated rings. The van der Waals surface area contributed by atoms with Crippen molar-refractivity contribution in [2.24, 2.45) is 17.6 Å². The molecule has 0 aromatic carbocycles. The maximum absolute atomic E-state index is 11.9. The molecule has 1 rings (SSSR count). The van der Waals surface area contributed by atoms with Crippen molar-refractivity contribution < 1.29 is 17.9 Å². The molecule has 108 valence electrons. The molecule has 1 saturated heterocycles. The minimum absolute atomic E-state index is 0.107. The maximum Gasteiger partial charge on any atom is 0.411 e. The predicted octanol–water partition coefficient (Wildman–Crippen LogP) is 1.87. The molecule has 3 nitrogen and oxygen atoms in total. The van der Waals surface area contributed by atoms with Crippen molar-refractivity contribution in [2.45, 2.75) is 32.5 Å². The van der Waals surface area contributed by atoms with Gasteiger partial charge in [-0.3, -0.25) is 4.90 Å². The molecule has 1 aliphatic heterocycles. The van der Waals surface area contributed by atoms with Crippen LogP contribution in [0.2, 0.25) is 0 Å². The predicted molar refractivity (Wildman–Crippen MR) is 64.2 cm³/mol. The lowest BCUT2D eigenvalue weighted by molar-refractivity contribution is -0.175. The molecule has 0 aromatic rings. The molecule has 0 spiro atoms. The van der Waals surface area contributed by atoms with E-state index in [4.69, 9.17) is 5.73 Å². The number of nitrogens with two attached hydrogens (primary N) is 1. The third-order valence-corrected chi connectivity index (χ3v) is 3.48. The highest BCUT2D eigenvalue weighted by molar-refractivity contribution is 4.85. The Hall–Kier alpha value is -0.330. The third-order valence-electron chi connectivity index (χ3n) is 3.48. The van der Waals surface area contributed by atoms with Crippen LogP contribution in [0.1, 0.15) is 20.3 Å². The van der Waals surface area contributed by atoms with Gasteiger partial charge in [0.1, 0.15) is 6.61 Å². The number of hydrogen-bond donors (Lipinski definition) is 1. The maximum atomic E-state index is 11.9. The highest BCUT2D eigenvalue weighted by Gasteiger charge is 2.31. The van der Waals surface area contributed by atoms with E-state index in [9.17, 15) is 13.2 Å². The van der Waals surface area contributed by atoms with Gasteiger partial charge < -0.3 is 10.5 Å². The van der Waals surface area contributed by atoms with E-state index in [0.717, 1.165) is 13.0 Å². The molecule has 2 N–H and O–H groups in total. The zero-order valence-corrected chi connectivity index (χ0v) is 11.0. The fourth-order valence-electron chi connectivity index (χ4n) is 2.77. The van der Waals surface area contributed by atoms with Gasteiger partial charge in [-0.2, -0.15) is 13.2 Å². The number of rotatable bonds is 5. The first-order chi connectivity index (χ1) is 8.33. The molecule has 1 heterocycles. The van der Waals surface area contributed by atoms with Crippen molar-refractivity contribution in [3.8, 4) is 0 Å². The second-order valence-corrected chi connectivity index (χ2v) is 5.28. The van der Waals surface area contributed by atoms with Crippen LogP contribution in [-0.4, -0.2) is 50.0 Å². The van der Waals surface area contributed by atoms with Gasteiger partial charge in [-0.15, -0.1) is 0 Å². The molecule has 6 heteroatoms. The number of likely N-dealkylation sites (tertiary alicyclic amines) is 1. The smallest absolute Gasteiger partial charge is 0.371 e. The van der Waals surface area contributed by atoms with Gasteiger partial charge in [0, 0.05) is 25.7 Å². The van der Waals surface area contributed by atoms with Gasteiger partial charge in [0.25, 0.3) is 0 Å². The second kappa shape index (κ2) is 6.73. The summed E-state index contributed by atoms with van der Waals surface area (Å²) in [6.07, 6.45) is -3.11. The summed E-state index contributed by atoms with van der Waals surface area (Å²) in [6, 6.07) is 0.260. The Labute approximate surface area is 106 Å². The van der Waals surface area contributed by atoms with Gasteiger partial charge in [-0.05, 0) is 18.3 Å². The van der Waals surface area contributed by atoms with Gasteiger partial charge >= 0.3 is 6.18 Å². The SMILES string of the molecule is CC1CC(C)C(CN)N(CCOCC(F)(F)F)C1. The van der Waals surface area contributed by atoms with Crippen LogP contribution in [0.15, 0.2) is 0 Å². The van der Waals surface area contributed by atoms with Gasteiger partial charge in [0.05, 0.1) is 6.61 Å². The molecule has 0 amide bonds. The molecule has 0 aliphatic carbocycles. The molecule has 0 aromatic heterocycles. The molecule has 3 atom stereocenters. The lowest BCUT2D eigenvalue weighted by atomic mass is 9.85. The van der Waals surface area contributed by atoms with E-state index in [-0.39, 0.29) is 12.6 Å². The van der Waals surface area contributed by atoms with Gasteiger partial charge in [-0.1, -0.05) is 13.8 Å². The first-order valence-corrected chi connectivity index (χ1v) is 6.42. The van der Waals surface area contributed by atoms with E-state index < -0.39 is 12.8 Å². The van der Waals surface area contributed by atoms with Crippen LogP contribution < -0.4 is 5.73 Å². The molecule has 0 saturated carbocycles. The molecule has 1 aliphatic rings. The van der Waals surface area contributed by atoms with Crippen LogP contribution >= 0.6 is 0 Å². The average molecular weight is 268 g/mol. The van der Waals surface area contributed by atoms with Crippen molar-refractivity contribution in [3.05, 3.63) is 0 Å². The highest BCUT2D eigenvalue weighted by Crippen LogP contribution is 2.26. The molecular formula is C12H23F3N2O. The van der Waals surface area contributed by atoms with Gasteiger partial charge in [0.2, 0.25) is 0 Å². The van der Waals surface area contributed by atoms with Gasteiger partial charge in [0.15, 0.2) is 0 Å². The van der Waals surface area contributed by atoms with Crippen LogP contribution in [0.3, 0.4) is 0 Å². The van der Waals surface area contributed by atoms with Crippen LogP contribution in [0.4, 0.5) is 13.2 Å². The number of alkyl halides is 3. The number of halogens is 3. The Kier molecular flexibility index (Phi) is 5.88. The fourth-order valence-corrected chi connectivity index (χ4v) is 2.77. The van der Waals surface area contributed by atoms with Crippen LogP contribution in [0.5, 0.6) is 0 Å². The summed E-state index contributed by atoms with van der Waals surface area (Å²) in [5, 5.41) is 0. The lowest BCUT2D eigenvalue weighted by Gasteiger charge is -2.42. The summed E-state index contributed by atoms with van der Waals surface area (Å²) in [7, 11) is 0. The summed E-state index contributed by atoms with van der Waals surface area (Å²) in [4.78, 5) is 2.16. The van der Waals surface area contributed by atoms with Crippen LogP contribution in [-0.2, 0) is 4.74 Å². The normalized spacial score (nSPS) is 30.7. The largest absolute Gasteiger partial charge is 0.411 e. The lowest BCUT2D eigenvalue weighted by Crippen LogP contribution is -2.52. The Balaban J connectivity index is 2.34. The van der Waals surface area contributed by atoms with E-state index in [0.29, 0.717) is 24.9 Å². The van der Waals surface area contributed by atoms with Crippen molar-refractivity contribution >= 4 is 0 Å². The molecule has 3 unspecified atom stereocenters. The first kappa shape index (κ1) is 15.7. The Bertz CT molecular complexity index is 248. The quantitative estimate of drug-likeness (QED) is 0.774. The van der Waals surface area contributed by atoms with E-state index in [1.807, 2.05) is 0 Å². The minimum atomic E-state index is -4.24. The van der Waals surface area contributed by atoms with Crippen LogP contribution in [0.25, 0.3) is 0 Å². The second-order valence-electron chi connectivity index (χ2n) is 5.28. The number of hydrogen-bond acceptors (Lipinski definition) is 3. The molecule has 0 bridgehead atoms. The summed E-state index contributed by atoms with van der Waals surface area (Å²) < 4.78 is 40.4. The Morgan fingerprint density at radius 2 is 2.00 bits per heavy atom. The standard InChI is InChI=1S/C12H23F3N2O/c1-9-5-10(2)11(6-16)17(7-9)3-4-18-8-12(13,14)15/h9-11H,3-8,16H2,1-2H3. The first-order valence-electron chi connectivity index (χ1n) is 6.42. The topological polar surface area (TPSA) is 38.5 Å². The van der Waals surface area contributed by atoms with E-state index in [2.05, 4.69) is 23.5 Å². The van der Waals surface area contributed by atoms with Crippen molar-refractivity contribution in [2.75, 3.05) is 32.8 Å². The zero-order valence-electron chi connectivity index (χ0n) is 11.0. The Morgan fingerprint density at radius 3 is 2.56 bits per heavy atom. The molecule has 18 heavy (non-hydrogen) atoms.